The summed E-state index contributed by atoms with van der Waals surface area (Å²) in [7, 11) is 0. The van der Waals surface area contributed by atoms with Gasteiger partial charge in [0.1, 0.15) is 0 Å². The van der Waals surface area contributed by atoms with E-state index in [1.165, 1.54) is 30.4 Å². The van der Waals surface area contributed by atoms with Crippen molar-refractivity contribution in [1.29, 1.82) is 0 Å². The van der Waals surface area contributed by atoms with Gasteiger partial charge in [-0.25, -0.2) is 0 Å². The van der Waals surface area contributed by atoms with Crippen molar-refractivity contribution in [2.45, 2.75) is 26.2 Å². The minimum atomic E-state index is 1.19. The van der Waals surface area contributed by atoms with Crippen LogP contribution in [0.5, 0.6) is 0 Å². The molecular weight excluding hydrogens is 144 g/mol. The van der Waals surface area contributed by atoms with Crippen molar-refractivity contribution in [2.24, 2.45) is 0 Å². The van der Waals surface area contributed by atoms with Crippen LogP contribution >= 0.6 is 0 Å². The van der Waals surface area contributed by atoms with Gasteiger partial charge in [-0.2, -0.15) is 0 Å². The molecule has 0 spiro atoms. The molecule has 0 atom stereocenters. The highest BCUT2D eigenvalue weighted by Gasteiger charge is 1.91. The van der Waals surface area contributed by atoms with Gasteiger partial charge >= 0.3 is 0 Å². The SMILES string of the molecule is C=Cc1cccc(CCCC)c1. The minimum absolute atomic E-state index is 1.19. The summed E-state index contributed by atoms with van der Waals surface area (Å²) < 4.78 is 0. The van der Waals surface area contributed by atoms with Crippen molar-refractivity contribution in [3.05, 3.63) is 42.0 Å². The third-order valence-corrected chi connectivity index (χ3v) is 2.01. The van der Waals surface area contributed by atoms with E-state index < -0.39 is 0 Å². The van der Waals surface area contributed by atoms with Crippen molar-refractivity contribution in [2.75, 3.05) is 0 Å². The van der Waals surface area contributed by atoms with Gasteiger partial charge in [0, 0.05) is 0 Å². The average molecular weight is 160 g/mol. The van der Waals surface area contributed by atoms with E-state index in [1.807, 2.05) is 6.08 Å². The number of aryl methyl sites for hydroxylation is 1. The molecule has 0 nitrogen and oxygen atoms in total. The van der Waals surface area contributed by atoms with E-state index in [4.69, 9.17) is 0 Å². The molecule has 0 aliphatic heterocycles. The number of rotatable bonds is 4. The van der Waals surface area contributed by atoms with Crippen LogP contribution in [0.25, 0.3) is 6.08 Å². The first kappa shape index (κ1) is 9.05. The van der Waals surface area contributed by atoms with Crippen molar-refractivity contribution < 1.29 is 0 Å². The summed E-state index contributed by atoms with van der Waals surface area (Å²) in [6.07, 6.45) is 5.63. The summed E-state index contributed by atoms with van der Waals surface area (Å²) in [4.78, 5) is 0. The van der Waals surface area contributed by atoms with E-state index in [-0.39, 0.29) is 0 Å². The lowest BCUT2D eigenvalue weighted by atomic mass is 10.1. The Morgan fingerprint density at radius 2 is 2.25 bits per heavy atom. The first-order valence-electron chi connectivity index (χ1n) is 4.58. The van der Waals surface area contributed by atoms with Gasteiger partial charge in [-0.1, -0.05) is 50.3 Å². The van der Waals surface area contributed by atoms with Gasteiger partial charge in [0.2, 0.25) is 0 Å². The molecule has 12 heavy (non-hydrogen) atoms. The molecule has 0 aliphatic carbocycles. The van der Waals surface area contributed by atoms with E-state index >= 15 is 0 Å². The van der Waals surface area contributed by atoms with E-state index in [1.54, 1.807) is 0 Å². The van der Waals surface area contributed by atoms with Crippen molar-refractivity contribution in [3.63, 3.8) is 0 Å². The molecule has 0 fully saturated rings. The lowest BCUT2D eigenvalue weighted by Crippen LogP contribution is -1.84. The topological polar surface area (TPSA) is 0 Å². The summed E-state index contributed by atoms with van der Waals surface area (Å²) in [5.74, 6) is 0. The Balaban J connectivity index is 2.66. The highest BCUT2D eigenvalue weighted by Crippen LogP contribution is 2.09. The van der Waals surface area contributed by atoms with Gasteiger partial charge in [-0.3, -0.25) is 0 Å². The largest absolute Gasteiger partial charge is 0.0985 e. The molecule has 1 aromatic carbocycles. The van der Waals surface area contributed by atoms with Gasteiger partial charge in [0.05, 0.1) is 0 Å². The van der Waals surface area contributed by atoms with Gasteiger partial charge < -0.3 is 0 Å². The Kier molecular flexibility index (Phi) is 3.59. The summed E-state index contributed by atoms with van der Waals surface area (Å²) in [6, 6.07) is 8.58. The van der Waals surface area contributed by atoms with E-state index in [9.17, 15) is 0 Å². The van der Waals surface area contributed by atoms with Crippen LogP contribution in [-0.2, 0) is 6.42 Å². The van der Waals surface area contributed by atoms with Crippen LogP contribution in [0.3, 0.4) is 0 Å². The van der Waals surface area contributed by atoms with Crippen LogP contribution in [0, 0.1) is 0 Å². The quantitative estimate of drug-likeness (QED) is 0.630. The smallest absolute Gasteiger partial charge is 0.0260 e. The molecule has 0 heteroatoms. The predicted molar refractivity (Wildman–Crippen MR) is 55.1 cm³/mol. The molecule has 0 N–H and O–H groups in total. The Bertz CT molecular complexity index is 248. The monoisotopic (exact) mass is 160 g/mol. The number of unbranched alkanes of at least 4 members (excludes halogenated alkanes) is 1. The predicted octanol–water partition coefficient (Wildman–Crippen LogP) is 3.67. The minimum Gasteiger partial charge on any atom is -0.0985 e. The summed E-state index contributed by atoms with van der Waals surface area (Å²) in [6.45, 7) is 5.97. The Hall–Kier alpha value is -1.04. The van der Waals surface area contributed by atoms with Gasteiger partial charge in [0.15, 0.2) is 0 Å². The lowest BCUT2D eigenvalue weighted by molar-refractivity contribution is 0.795. The highest BCUT2D eigenvalue weighted by molar-refractivity contribution is 5.47. The van der Waals surface area contributed by atoms with Crippen LogP contribution in [0.4, 0.5) is 0 Å². The van der Waals surface area contributed by atoms with Crippen molar-refractivity contribution >= 4 is 6.08 Å². The zero-order chi connectivity index (χ0) is 8.81. The fourth-order valence-corrected chi connectivity index (χ4v) is 1.26. The average Bonchev–Trinajstić information content (AvgIpc) is 2.15. The number of hydrogen-bond acceptors (Lipinski definition) is 0. The normalized spacial score (nSPS) is 9.75. The Morgan fingerprint density at radius 3 is 2.92 bits per heavy atom. The van der Waals surface area contributed by atoms with Crippen LogP contribution in [0.15, 0.2) is 30.8 Å². The second-order valence-corrected chi connectivity index (χ2v) is 3.05. The Morgan fingerprint density at radius 1 is 1.42 bits per heavy atom. The van der Waals surface area contributed by atoms with E-state index in [0.29, 0.717) is 0 Å². The summed E-state index contributed by atoms with van der Waals surface area (Å²) in [5, 5.41) is 0. The molecule has 0 amide bonds. The maximum Gasteiger partial charge on any atom is -0.0260 e. The highest BCUT2D eigenvalue weighted by atomic mass is 14.0. The fourth-order valence-electron chi connectivity index (χ4n) is 1.26. The van der Waals surface area contributed by atoms with Crippen LogP contribution in [0.1, 0.15) is 30.9 Å². The third-order valence-electron chi connectivity index (χ3n) is 2.01. The Labute approximate surface area is 74.9 Å². The second-order valence-electron chi connectivity index (χ2n) is 3.05. The molecule has 1 rings (SSSR count). The molecule has 0 saturated heterocycles. The molecule has 64 valence electrons. The maximum absolute atomic E-state index is 3.75. The summed E-state index contributed by atoms with van der Waals surface area (Å²) >= 11 is 0. The number of benzene rings is 1. The van der Waals surface area contributed by atoms with Crippen molar-refractivity contribution in [3.8, 4) is 0 Å². The second kappa shape index (κ2) is 4.76. The molecule has 0 saturated carbocycles. The molecule has 0 aliphatic rings. The number of hydrogen-bond donors (Lipinski definition) is 0. The standard InChI is InChI=1S/C12H16/c1-3-5-7-12-9-6-8-11(4-2)10-12/h4,6,8-10H,2-3,5,7H2,1H3. The summed E-state index contributed by atoms with van der Waals surface area (Å²) in [5.41, 5.74) is 2.65. The van der Waals surface area contributed by atoms with Gasteiger partial charge in [0.25, 0.3) is 0 Å². The van der Waals surface area contributed by atoms with Gasteiger partial charge in [-0.05, 0) is 24.0 Å². The zero-order valence-electron chi connectivity index (χ0n) is 7.72. The maximum atomic E-state index is 3.75. The lowest BCUT2D eigenvalue weighted by Gasteiger charge is -2.00. The van der Waals surface area contributed by atoms with Crippen molar-refractivity contribution in [1.82, 2.24) is 0 Å². The van der Waals surface area contributed by atoms with Crippen LogP contribution in [0.2, 0.25) is 0 Å². The van der Waals surface area contributed by atoms with Gasteiger partial charge in [-0.15, -0.1) is 0 Å². The third kappa shape index (κ3) is 2.54. The molecule has 0 aromatic heterocycles. The fraction of sp³-hybridized carbons (Fsp3) is 0.333. The molecular formula is C12H16. The van der Waals surface area contributed by atoms with E-state index in [2.05, 4.69) is 37.8 Å². The molecule has 1 aromatic rings. The first-order valence-corrected chi connectivity index (χ1v) is 4.58. The molecule has 0 unspecified atom stereocenters. The molecule has 0 bridgehead atoms. The first-order chi connectivity index (χ1) is 5.86. The van der Waals surface area contributed by atoms with E-state index in [0.717, 1.165) is 0 Å². The zero-order valence-corrected chi connectivity index (χ0v) is 7.72. The molecule has 0 radical (unpaired) electrons. The molecule has 0 heterocycles. The van der Waals surface area contributed by atoms with Crippen LogP contribution < -0.4 is 0 Å². The van der Waals surface area contributed by atoms with Crippen LogP contribution in [-0.4, -0.2) is 0 Å².